The van der Waals surface area contributed by atoms with Crippen LogP contribution in [0.15, 0.2) is 66.7 Å². The largest absolute Gasteiger partial charge is 0.497 e. The predicted octanol–water partition coefficient (Wildman–Crippen LogP) is 4.07. The Hall–Kier alpha value is -4.28. The molecule has 2 heterocycles. The van der Waals surface area contributed by atoms with E-state index >= 15 is 4.79 Å². The normalized spacial score (nSPS) is 28.5. The van der Waals surface area contributed by atoms with Crippen molar-refractivity contribution in [1.82, 2.24) is 10.2 Å². The number of fused-ring (bicyclic) bond motifs is 4. The first-order valence-corrected chi connectivity index (χ1v) is 15.8. The van der Waals surface area contributed by atoms with Crippen molar-refractivity contribution in [2.45, 2.75) is 62.5 Å². The van der Waals surface area contributed by atoms with Gasteiger partial charge in [0.2, 0.25) is 11.8 Å². The number of hydrogen-bond donors (Lipinski definition) is 3. The Morgan fingerprint density at radius 2 is 1.72 bits per heavy atom. The SMILES string of the molecule is CC[C@H](C)C(=O)N[C@@H]1CCCN1C(=O)[C@@H]1[C@@H](c2ccccc2)[C@@]2(c3ccc(OC)cc3)Oc3cc(OC)cc(OC)c3[C@@]1(O)[C@H]2O. The highest BCUT2D eigenvalue weighted by Gasteiger charge is 2.76. The molecule has 1 aliphatic carbocycles. The summed E-state index contributed by atoms with van der Waals surface area (Å²) >= 11 is 0. The molecule has 6 rings (SSSR count). The highest BCUT2D eigenvalue weighted by Crippen LogP contribution is 2.68. The standard InChI is InChI=1S/C36H42N2O8/c1-6-21(2)32(39)37-28-13-10-18-38(28)33(40)31-29(22-11-8-7-9-12-22)36(23-14-16-24(43-3)17-15-23)34(41)35(31,42)30-26(45-5)19-25(44-4)20-27(30)46-36/h7-9,11-12,14-17,19-21,28-29,31,34,41-42H,6,10,13,18H2,1-5H3,(H,37,39)/t21-,28-,29+,31-,34+,35-,36+/m0/s1. The molecule has 0 radical (unpaired) electrons. The van der Waals surface area contributed by atoms with Gasteiger partial charge in [0.25, 0.3) is 0 Å². The number of nitrogens with one attached hydrogen (secondary N) is 1. The second-order valence-electron chi connectivity index (χ2n) is 12.4. The number of methoxy groups -OCH3 is 3. The molecule has 0 unspecified atom stereocenters. The van der Waals surface area contributed by atoms with Crippen molar-refractivity contribution in [2.75, 3.05) is 27.9 Å². The number of hydrogen-bond acceptors (Lipinski definition) is 8. The molecule has 3 aromatic carbocycles. The van der Waals surface area contributed by atoms with Gasteiger partial charge < -0.3 is 39.4 Å². The molecule has 7 atom stereocenters. The van der Waals surface area contributed by atoms with Crippen LogP contribution in [0.1, 0.15) is 55.7 Å². The molecule has 244 valence electrons. The van der Waals surface area contributed by atoms with Gasteiger partial charge in [-0.15, -0.1) is 0 Å². The number of aliphatic hydroxyl groups is 2. The van der Waals surface area contributed by atoms with Crippen molar-refractivity contribution in [3.05, 3.63) is 83.4 Å². The summed E-state index contributed by atoms with van der Waals surface area (Å²) in [6.45, 7) is 4.19. The molecule has 3 aliphatic rings. The van der Waals surface area contributed by atoms with Crippen LogP contribution in [-0.2, 0) is 20.8 Å². The number of aliphatic hydroxyl groups excluding tert-OH is 1. The molecule has 1 saturated heterocycles. The summed E-state index contributed by atoms with van der Waals surface area (Å²) < 4.78 is 23.7. The van der Waals surface area contributed by atoms with E-state index in [4.69, 9.17) is 18.9 Å². The Morgan fingerprint density at radius 1 is 1.02 bits per heavy atom. The first-order chi connectivity index (χ1) is 22.1. The molecular formula is C36H42N2O8. The maximum Gasteiger partial charge on any atom is 0.231 e. The van der Waals surface area contributed by atoms with Crippen LogP contribution in [0.4, 0.5) is 0 Å². The zero-order valence-electron chi connectivity index (χ0n) is 26.9. The van der Waals surface area contributed by atoms with Crippen LogP contribution < -0.4 is 24.3 Å². The Balaban J connectivity index is 1.60. The van der Waals surface area contributed by atoms with Crippen LogP contribution in [0, 0.1) is 11.8 Å². The van der Waals surface area contributed by atoms with Crippen molar-refractivity contribution in [1.29, 1.82) is 0 Å². The first-order valence-electron chi connectivity index (χ1n) is 15.8. The van der Waals surface area contributed by atoms with Crippen molar-refractivity contribution >= 4 is 11.8 Å². The molecular weight excluding hydrogens is 588 g/mol. The second-order valence-corrected chi connectivity index (χ2v) is 12.4. The average Bonchev–Trinajstić information content (AvgIpc) is 3.59. The van der Waals surface area contributed by atoms with Gasteiger partial charge in [-0.1, -0.05) is 56.3 Å². The minimum absolute atomic E-state index is 0.132. The molecule has 2 fully saturated rings. The zero-order chi connectivity index (χ0) is 32.8. The lowest BCUT2D eigenvalue weighted by Crippen LogP contribution is -2.56. The average molecular weight is 631 g/mol. The van der Waals surface area contributed by atoms with Gasteiger partial charge >= 0.3 is 0 Å². The summed E-state index contributed by atoms with van der Waals surface area (Å²) in [6, 6.07) is 19.7. The maximum atomic E-state index is 15.1. The molecule has 2 aliphatic heterocycles. The lowest BCUT2D eigenvalue weighted by atomic mass is 9.75. The van der Waals surface area contributed by atoms with E-state index in [-0.39, 0.29) is 28.9 Å². The van der Waals surface area contributed by atoms with Gasteiger partial charge in [-0.3, -0.25) is 9.59 Å². The summed E-state index contributed by atoms with van der Waals surface area (Å²) in [6.07, 6.45) is -0.244. The Bertz CT molecular complexity index is 1600. The van der Waals surface area contributed by atoms with Gasteiger partial charge in [-0.2, -0.15) is 0 Å². The Labute approximate surface area is 269 Å². The molecule has 46 heavy (non-hydrogen) atoms. The number of amides is 2. The second kappa shape index (κ2) is 12.1. The van der Waals surface area contributed by atoms with E-state index in [2.05, 4.69) is 5.32 Å². The lowest BCUT2D eigenvalue weighted by molar-refractivity contribution is -0.167. The number of ether oxygens (including phenoxy) is 4. The fourth-order valence-corrected chi connectivity index (χ4v) is 7.61. The predicted molar refractivity (Wildman–Crippen MR) is 170 cm³/mol. The number of carbonyl (C=O) groups is 2. The summed E-state index contributed by atoms with van der Waals surface area (Å²) in [5, 5.41) is 28.8. The molecule has 10 nitrogen and oxygen atoms in total. The van der Waals surface area contributed by atoms with Crippen molar-refractivity contribution in [3.8, 4) is 23.0 Å². The van der Waals surface area contributed by atoms with E-state index < -0.39 is 41.2 Å². The van der Waals surface area contributed by atoms with Crippen molar-refractivity contribution in [3.63, 3.8) is 0 Å². The third kappa shape index (κ3) is 4.69. The van der Waals surface area contributed by atoms with Gasteiger partial charge in [0, 0.05) is 30.5 Å². The molecule has 0 aromatic heterocycles. The summed E-state index contributed by atoms with van der Waals surface area (Å²) in [5.74, 6) is -1.38. The van der Waals surface area contributed by atoms with E-state index in [0.29, 0.717) is 48.4 Å². The lowest BCUT2D eigenvalue weighted by Gasteiger charge is -2.45. The van der Waals surface area contributed by atoms with Gasteiger partial charge in [-0.25, -0.2) is 0 Å². The highest BCUT2D eigenvalue weighted by atomic mass is 16.5. The number of rotatable bonds is 9. The van der Waals surface area contributed by atoms with Gasteiger partial charge in [0.05, 0.1) is 32.8 Å². The van der Waals surface area contributed by atoms with E-state index in [1.807, 2.05) is 44.2 Å². The van der Waals surface area contributed by atoms with Gasteiger partial charge in [0.1, 0.15) is 40.9 Å². The van der Waals surface area contributed by atoms with E-state index in [1.165, 1.54) is 14.2 Å². The van der Waals surface area contributed by atoms with Crippen molar-refractivity contribution in [2.24, 2.45) is 11.8 Å². The zero-order valence-corrected chi connectivity index (χ0v) is 26.9. The number of carbonyl (C=O) groups excluding carboxylic acids is 2. The van der Waals surface area contributed by atoms with Gasteiger partial charge in [-0.05, 0) is 42.5 Å². The third-order valence-electron chi connectivity index (χ3n) is 10.1. The minimum Gasteiger partial charge on any atom is -0.497 e. The molecule has 3 N–H and O–H groups in total. The van der Waals surface area contributed by atoms with E-state index in [0.717, 1.165) is 0 Å². The van der Waals surface area contributed by atoms with Crippen LogP contribution in [-0.4, -0.2) is 67.1 Å². The van der Waals surface area contributed by atoms with Crippen LogP contribution in [0.25, 0.3) is 0 Å². The molecule has 10 heteroatoms. The molecule has 2 amide bonds. The van der Waals surface area contributed by atoms with Crippen LogP contribution in [0.5, 0.6) is 23.0 Å². The molecule has 3 aromatic rings. The number of likely N-dealkylation sites (tertiary alicyclic amines) is 1. The van der Waals surface area contributed by atoms with Crippen LogP contribution in [0.3, 0.4) is 0 Å². The summed E-state index contributed by atoms with van der Waals surface area (Å²) in [5.41, 5.74) is -2.37. The summed E-state index contributed by atoms with van der Waals surface area (Å²) in [7, 11) is 4.54. The van der Waals surface area contributed by atoms with E-state index in [9.17, 15) is 15.0 Å². The maximum absolute atomic E-state index is 15.1. The topological polar surface area (TPSA) is 127 Å². The fraction of sp³-hybridized carbons (Fsp3) is 0.444. The monoisotopic (exact) mass is 630 g/mol. The quantitative estimate of drug-likeness (QED) is 0.323. The first kappa shape index (κ1) is 31.7. The van der Waals surface area contributed by atoms with Crippen LogP contribution in [0.2, 0.25) is 0 Å². The highest BCUT2D eigenvalue weighted by molar-refractivity contribution is 5.86. The minimum atomic E-state index is -2.17. The molecule has 0 spiro atoms. The Kier molecular flexibility index (Phi) is 8.37. The van der Waals surface area contributed by atoms with E-state index in [1.54, 1.807) is 48.4 Å². The third-order valence-corrected chi connectivity index (χ3v) is 10.1. The molecule has 2 bridgehead atoms. The van der Waals surface area contributed by atoms with Crippen molar-refractivity contribution < 1.29 is 38.7 Å². The smallest absolute Gasteiger partial charge is 0.231 e. The van der Waals surface area contributed by atoms with Crippen LogP contribution >= 0.6 is 0 Å². The Morgan fingerprint density at radius 3 is 2.35 bits per heavy atom. The number of benzene rings is 3. The number of nitrogens with zero attached hydrogens (tertiary/aromatic N) is 1. The fourth-order valence-electron chi connectivity index (χ4n) is 7.61. The summed E-state index contributed by atoms with van der Waals surface area (Å²) in [4.78, 5) is 29.8. The van der Waals surface area contributed by atoms with Gasteiger partial charge in [0.15, 0.2) is 5.60 Å². The molecule has 1 saturated carbocycles.